The molecule has 1 aromatic rings. The predicted octanol–water partition coefficient (Wildman–Crippen LogP) is 2.72. The molecule has 2 rings (SSSR count). The zero-order valence-corrected chi connectivity index (χ0v) is 10.8. The highest BCUT2D eigenvalue weighted by Crippen LogP contribution is 2.23. The molecule has 17 heavy (non-hydrogen) atoms. The molecule has 2 heterocycles. The Labute approximate surface area is 103 Å². The number of nitrogens with zero attached hydrogens (tertiary/aromatic N) is 2. The van der Waals surface area contributed by atoms with Crippen LogP contribution < -0.4 is 0 Å². The molecule has 0 amide bonds. The lowest BCUT2D eigenvalue weighted by atomic mass is 9.94. The highest BCUT2D eigenvalue weighted by Gasteiger charge is 2.19. The van der Waals surface area contributed by atoms with Crippen molar-refractivity contribution in [2.75, 3.05) is 13.1 Å². The van der Waals surface area contributed by atoms with Gasteiger partial charge in [0.2, 0.25) is 0 Å². The monoisotopic (exact) mass is 234 g/mol. The molecule has 1 aliphatic rings. The van der Waals surface area contributed by atoms with E-state index in [1.165, 1.54) is 19.3 Å². The number of hydrogen-bond donors (Lipinski definition) is 1. The van der Waals surface area contributed by atoms with E-state index in [9.17, 15) is 5.11 Å². The molecule has 1 N–H and O–H groups in total. The van der Waals surface area contributed by atoms with E-state index < -0.39 is 0 Å². The number of likely N-dealkylation sites (tertiary alicyclic amines) is 1. The minimum atomic E-state index is 0.327. The molecular formula is C14H22N2O. The van der Waals surface area contributed by atoms with Crippen LogP contribution in [0.3, 0.4) is 0 Å². The second-order valence-electron chi connectivity index (χ2n) is 5.05. The first-order valence-corrected chi connectivity index (χ1v) is 6.57. The summed E-state index contributed by atoms with van der Waals surface area (Å²) in [7, 11) is 0. The minimum Gasteiger partial charge on any atom is -0.506 e. The first-order valence-electron chi connectivity index (χ1n) is 6.57. The van der Waals surface area contributed by atoms with Gasteiger partial charge in [0.25, 0.3) is 0 Å². The van der Waals surface area contributed by atoms with E-state index in [4.69, 9.17) is 0 Å². The molecule has 0 spiro atoms. The zero-order chi connectivity index (χ0) is 12.3. The fourth-order valence-corrected chi connectivity index (χ4v) is 2.48. The van der Waals surface area contributed by atoms with Gasteiger partial charge in [-0.15, -0.1) is 0 Å². The average Bonchev–Trinajstić information content (AvgIpc) is 2.35. The average molecular weight is 234 g/mol. The Morgan fingerprint density at radius 2 is 2.06 bits per heavy atom. The molecule has 1 aromatic heterocycles. The molecule has 0 aromatic carbocycles. The van der Waals surface area contributed by atoms with Gasteiger partial charge in [-0.1, -0.05) is 13.3 Å². The smallest absolute Gasteiger partial charge is 0.138 e. The summed E-state index contributed by atoms with van der Waals surface area (Å²) in [5.41, 5.74) is 1.79. The van der Waals surface area contributed by atoms with Crippen molar-refractivity contribution < 1.29 is 5.11 Å². The van der Waals surface area contributed by atoms with Gasteiger partial charge in [-0.05, 0) is 50.9 Å². The van der Waals surface area contributed by atoms with Gasteiger partial charge in [0.15, 0.2) is 0 Å². The number of aromatic nitrogens is 1. The molecule has 3 heteroatoms. The molecular weight excluding hydrogens is 212 g/mol. The number of aryl methyl sites for hydroxylation is 1. The van der Waals surface area contributed by atoms with E-state index in [1.807, 2.05) is 13.0 Å². The van der Waals surface area contributed by atoms with Crippen molar-refractivity contribution in [2.24, 2.45) is 5.92 Å². The van der Waals surface area contributed by atoms with Crippen molar-refractivity contribution in [3.8, 4) is 5.75 Å². The van der Waals surface area contributed by atoms with Crippen LogP contribution >= 0.6 is 0 Å². The molecule has 1 aliphatic heterocycles. The maximum Gasteiger partial charge on any atom is 0.138 e. The third-order valence-electron chi connectivity index (χ3n) is 3.75. The molecule has 1 fully saturated rings. The van der Waals surface area contributed by atoms with Crippen LogP contribution in [0.2, 0.25) is 0 Å². The van der Waals surface area contributed by atoms with Gasteiger partial charge in [-0.3, -0.25) is 9.88 Å². The van der Waals surface area contributed by atoms with E-state index in [0.29, 0.717) is 5.75 Å². The van der Waals surface area contributed by atoms with Crippen molar-refractivity contribution in [3.63, 3.8) is 0 Å². The van der Waals surface area contributed by atoms with Gasteiger partial charge in [0, 0.05) is 12.2 Å². The number of pyridine rings is 1. The summed E-state index contributed by atoms with van der Waals surface area (Å²) in [4.78, 5) is 6.81. The van der Waals surface area contributed by atoms with Gasteiger partial charge in [0.1, 0.15) is 5.75 Å². The van der Waals surface area contributed by atoms with Crippen LogP contribution in [0.4, 0.5) is 0 Å². The van der Waals surface area contributed by atoms with E-state index in [1.54, 1.807) is 6.07 Å². The van der Waals surface area contributed by atoms with Crippen LogP contribution in [-0.4, -0.2) is 28.1 Å². The second kappa shape index (κ2) is 5.50. The van der Waals surface area contributed by atoms with E-state index in [-0.39, 0.29) is 0 Å². The summed E-state index contributed by atoms with van der Waals surface area (Å²) >= 11 is 0. The van der Waals surface area contributed by atoms with E-state index in [2.05, 4.69) is 16.8 Å². The lowest BCUT2D eigenvalue weighted by Gasteiger charge is -2.31. The molecule has 0 aliphatic carbocycles. The standard InChI is InChI=1S/C14H22N2O/c1-3-12-6-8-16(9-7-12)10-13-14(17)5-4-11(2)15-13/h4-5,12,17H,3,6-10H2,1-2H3. The van der Waals surface area contributed by atoms with Gasteiger partial charge in [0.05, 0.1) is 5.69 Å². The summed E-state index contributed by atoms with van der Waals surface area (Å²) in [6.45, 7) is 7.28. The fourth-order valence-electron chi connectivity index (χ4n) is 2.48. The molecule has 3 nitrogen and oxygen atoms in total. The van der Waals surface area contributed by atoms with Crippen molar-refractivity contribution in [3.05, 3.63) is 23.5 Å². The van der Waals surface area contributed by atoms with Crippen molar-refractivity contribution >= 4 is 0 Å². The SMILES string of the molecule is CCC1CCN(Cc2nc(C)ccc2O)CC1. The van der Waals surface area contributed by atoms with Gasteiger partial charge >= 0.3 is 0 Å². The topological polar surface area (TPSA) is 36.4 Å². The molecule has 0 radical (unpaired) electrons. The van der Waals surface area contributed by atoms with Gasteiger partial charge in [-0.2, -0.15) is 0 Å². The molecule has 0 saturated carbocycles. The lowest BCUT2D eigenvalue weighted by Crippen LogP contribution is -2.33. The third kappa shape index (κ3) is 3.19. The molecule has 94 valence electrons. The Balaban J connectivity index is 1.95. The van der Waals surface area contributed by atoms with Crippen LogP contribution in [0.15, 0.2) is 12.1 Å². The van der Waals surface area contributed by atoms with Gasteiger partial charge < -0.3 is 5.11 Å². The number of piperidine rings is 1. The first-order chi connectivity index (χ1) is 8.19. The molecule has 1 saturated heterocycles. The Bertz CT molecular complexity index is 370. The Kier molecular flexibility index (Phi) is 4.00. The van der Waals surface area contributed by atoms with Crippen LogP contribution in [0.5, 0.6) is 5.75 Å². The number of aromatic hydroxyl groups is 1. The largest absolute Gasteiger partial charge is 0.506 e. The number of rotatable bonds is 3. The Hall–Kier alpha value is -1.09. The Morgan fingerprint density at radius 3 is 2.71 bits per heavy atom. The normalized spacial score (nSPS) is 18.5. The number of hydrogen-bond acceptors (Lipinski definition) is 3. The molecule has 0 atom stereocenters. The molecule has 0 unspecified atom stereocenters. The second-order valence-corrected chi connectivity index (χ2v) is 5.05. The van der Waals surface area contributed by atoms with E-state index >= 15 is 0 Å². The zero-order valence-electron chi connectivity index (χ0n) is 10.8. The summed E-state index contributed by atoms with van der Waals surface area (Å²) in [6.07, 6.45) is 3.86. The summed E-state index contributed by atoms with van der Waals surface area (Å²) in [5, 5.41) is 9.77. The lowest BCUT2D eigenvalue weighted by molar-refractivity contribution is 0.171. The van der Waals surface area contributed by atoms with Crippen LogP contribution in [0, 0.1) is 12.8 Å². The maximum atomic E-state index is 9.77. The first kappa shape index (κ1) is 12.4. The summed E-state index contributed by atoms with van der Waals surface area (Å²) < 4.78 is 0. The van der Waals surface area contributed by atoms with Crippen LogP contribution in [0.25, 0.3) is 0 Å². The maximum absolute atomic E-state index is 9.77. The van der Waals surface area contributed by atoms with Crippen molar-refractivity contribution in [1.82, 2.24) is 9.88 Å². The minimum absolute atomic E-state index is 0.327. The van der Waals surface area contributed by atoms with Crippen LogP contribution in [-0.2, 0) is 6.54 Å². The summed E-state index contributed by atoms with van der Waals surface area (Å²) in [6, 6.07) is 3.60. The fraction of sp³-hybridized carbons (Fsp3) is 0.643. The Morgan fingerprint density at radius 1 is 1.35 bits per heavy atom. The predicted molar refractivity (Wildman–Crippen MR) is 68.9 cm³/mol. The van der Waals surface area contributed by atoms with Crippen LogP contribution in [0.1, 0.15) is 37.6 Å². The summed E-state index contributed by atoms with van der Waals surface area (Å²) in [5.74, 6) is 1.22. The van der Waals surface area contributed by atoms with E-state index in [0.717, 1.165) is 36.9 Å². The van der Waals surface area contributed by atoms with Gasteiger partial charge in [-0.25, -0.2) is 0 Å². The highest BCUT2D eigenvalue weighted by atomic mass is 16.3. The van der Waals surface area contributed by atoms with Crippen molar-refractivity contribution in [2.45, 2.75) is 39.7 Å². The third-order valence-corrected chi connectivity index (χ3v) is 3.75. The molecule has 0 bridgehead atoms. The van der Waals surface area contributed by atoms with Crippen molar-refractivity contribution in [1.29, 1.82) is 0 Å². The quantitative estimate of drug-likeness (QED) is 0.873. The highest BCUT2D eigenvalue weighted by molar-refractivity contribution is 5.27.